The van der Waals surface area contributed by atoms with Gasteiger partial charge in [0.2, 0.25) is 17.6 Å². The van der Waals surface area contributed by atoms with Gasteiger partial charge in [-0.3, -0.25) is 4.79 Å². The molecular weight excluding hydrogens is 366 g/mol. The monoisotopic (exact) mass is 383 g/mol. The number of primary amides is 1. The molecule has 7 nitrogen and oxygen atoms in total. The number of aromatic nitrogens is 3. The lowest BCUT2D eigenvalue weighted by Gasteiger charge is -2.31. The SMILES string of the molecule is NC(=O)c1cnc(N2CCC(c3nc(-c4ccccc4)no3)CC2)c(Cl)c1. The molecule has 0 saturated carbocycles. The minimum Gasteiger partial charge on any atom is -0.366 e. The van der Waals surface area contributed by atoms with Gasteiger partial charge in [0.25, 0.3) is 0 Å². The predicted octanol–water partition coefficient (Wildman–Crippen LogP) is 3.27. The third-order valence-electron chi connectivity index (χ3n) is 4.72. The summed E-state index contributed by atoms with van der Waals surface area (Å²) in [6.45, 7) is 1.52. The van der Waals surface area contributed by atoms with Crippen molar-refractivity contribution in [2.45, 2.75) is 18.8 Å². The van der Waals surface area contributed by atoms with E-state index in [-0.39, 0.29) is 5.92 Å². The van der Waals surface area contributed by atoms with Crippen molar-refractivity contribution in [3.63, 3.8) is 0 Å². The van der Waals surface area contributed by atoms with Crippen molar-refractivity contribution in [3.05, 3.63) is 59.1 Å². The van der Waals surface area contributed by atoms with E-state index in [1.54, 1.807) is 6.07 Å². The van der Waals surface area contributed by atoms with Crippen LogP contribution in [0.2, 0.25) is 5.02 Å². The summed E-state index contributed by atoms with van der Waals surface area (Å²) < 4.78 is 5.49. The van der Waals surface area contributed by atoms with Crippen LogP contribution in [0.15, 0.2) is 47.1 Å². The van der Waals surface area contributed by atoms with Gasteiger partial charge < -0.3 is 15.2 Å². The smallest absolute Gasteiger partial charge is 0.250 e. The first kappa shape index (κ1) is 17.5. The second-order valence-corrected chi connectivity index (χ2v) is 6.88. The molecule has 4 rings (SSSR count). The van der Waals surface area contributed by atoms with Crippen LogP contribution in [0.1, 0.15) is 35.0 Å². The Kier molecular flexibility index (Phi) is 4.77. The number of anilines is 1. The Morgan fingerprint density at radius 3 is 2.63 bits per heavy atom. The molecule has 3 heterocycles. The molecule has 0 atom stereocenters. The lowest BCUT2D eigenvalue weighted by atomic mass is 9.96. The normalized spacial score (nSPS) is 15.1. The van der Waals surface area contributed by atoms with Crippen LogP contribution < -0.4 is 10.6 Å². The summed E-state index contributed by atoms with van der Waals surface area (Å²) in [7, 11) is 0. The van der Waals surface area contributed by atoms with Crippen LogP contribution in [0.3, 0.4) is 0 Å². The summed E-state index contributed by atoms with van der Waals surface area (Å²) in [4.78, 5) is 22.2. The number of rotatable bonds is 4. The van der Waals surface area contributed by atoms with Crippen molar-refractivity contribution in [1.82, 2.24) is 15.1 Å². The number of nitrogens with zero attached hydrogens (tertiary/aromatic N) is 4. The molecule has 1 aliphatic heterocycles. The average molecular weight is 384 g/mol. The Morgan fingerprint density at radius 1 is 1.22 bits per heavy atom. The number of amides is 1. The average Bonchev–Trinajstić information content (AvgIpc) is 3.19. The zero-order valence-electron chi connectivity index (χ0n) is 14.5. The van der Waals surface area contributed by atoms with Crippen molar-refractivity contribution in [2.24, 2.45) is 5.73 Å². The van der Waals surface area contributed by atoms with E-state index >= 15 is 0 Å². The summed E-state index contributed by atoms with van der Waals surface area (Å²) in [6, 6.07) is 11.3. The van der Waals surface area contributed by atoms with E-state index in [0.29, 0.717) is 28.1 Å². The molecule has 1 saturated heterocycles. The van der Waals surface area contributed by atoms with Gasteiger partial charge in [-0.1, -0.05) is 47.1 Å². The van der Waals surface area contributed by atoms with Crippen LogP contribution in [0.5, 0.6) is 0 Å². The van der Waals surface area contributed by atoms with E-state index < -0.39 is 5.91 Å². The van der Waals surface area contributed by atoms with Crippen molar-refractivity contribution in [1.29, 1.82) is 0 Å². The van der Waals surface area contributed by atoms with E-state index in [1.165, 1.54) is 6.20 Å². The first-order valence-corrected chi connectivity index (χ1v) is 9.09. The van der Waals surface area contributed by atoms with Gasteiger partial charge in [-0.2, -0.15) is 4.98 Å². The first-order valence-electron chi connectivity index (χ1n) is 8.71. The quantitative estimate of drug-likeness (QED) is 0.742. The topological polar surface area (TPSA) is 98.1 Å². The van der Waals surface area contributed by atoms with Crippen molar-refractivity contribution < 1.29 is 9.32 Å². The molecule has 0 unspecified atom stereocenters. The highest BCUT2D eigenvalue weighted by atomic mass is 35.5. The summed E-state index contributed by atoms with van der Waals surface area (Å²) in [5, 5.41) is 4.53. The fourth-order valence-electron chi connectivity index (χ4n) is 3.24. The standard InChI is InChI=1S/C19H18ClN5O2/c20-15-10-14(16(21)26)11-22-18(15)25-8-6-13(7-9-25)19-23-17(24-27-19)12-4-2-1-3-5-12/h1-5,10-11,13H,6-9H2,(H2,21,26). The number of hydrogen-bond acceptors (Lipinski definition) is 6. The van der Waals surface area contributed by atoms with E-state index in [2.05, 4.69) is 20.0 Å². The molecular formula is C19H18ClN5O2. The molecule has 1 aliphatic rings. The fourth-order valence-corrected chi connectivity index (χ4v) is 3.53. The molecule has 1 amide bonds. The Labute approximate surface area is 161 Å². The van der Waals surface area contributed by atoms with Gasteiger partial charge in [-0.05, 0) is 18.9 Å². The molecule has 1 fully saturated rings. The predicted molar refractivity (Wildman–Crippen MR) is 102 cm³/mol. The molecule has 0 bridgehead atoms. The third kappa shape index (κ3) is 3.64. The maximum Gasteiger partial charge on any atom is 0.250 e. The molecule has 0 radical (unpaired) electrons. The Balaban J connectivity index is 1.44. The van der Waals surface area contributed by atoms with Crippen molar-refractivity contribution in [2.75, 3.05) is 18.0 Å². The Bertz CT molecular complexity index is 952. The number of carbonyl (C=O) groups excluding carboxylic acids is 1. The van der Waals surface area contributed by atoms with Crippen LogP contribution in [-0.4, -0.2) is 34.1 Å². The number of carbonyl (C=O) groups is 1. The molecule has 0 aliphatic carbocycles. The summed E-state index contributed by atoms with van der Waals surface area (Å²) >= 11 is 6.28. The van der Waals surface area contributed by atoms with Crippen molar-refractivity contribution in [3.8, 4) is 11.4 Å². The number of benzene rings is 1. The van der Waals surface area contributed by atoms with Crippen LogP contribution >= 0.6 is 11.6 Å². The first-order chi connectivity index (χ1) is 13.1. The number of piperidine rings is 1. The molecule has 138 valence electrons. The van der Waals surface area contributed by atoms with Crippen LogP contribution in [0.4, 0.5) is 5.82 Å². The summed E-state index contributed by atoms with van der Waals surface area (Å²) in [6.07, 6.45) is 3.16. The summed E-state index contributed by atoms with van der Waals surface area (Å²) in [5.41, 5.74) is 6.51. The molecule has 2 aromatic heterocycles. The van der Waals surface area contributed by atoms with Gasteiger partial charge in [0.1, 0.15) is 5.82 Å². The summed E-state index contributed by atoms with van der Waals surface area (Å²) in [5.74, 6) is 1.60. The van der Waals surface area contributed by atoms with Crippen molar-refractivity contribution >= 4 is 23.3 Å². The van der Waals surface area contributed by atoms with Gasteiger partial charge in [0.05, 0.1) is 10.6 Å². The second-order valence-electron chi connectivity index (χ2n) is 6.48. The van der Waals surface area contributed by atoms with E-state index in [0.717, 1.165) is 31.5 Å². The zero-order chi connectivity index (χ0) is 18.8. The number of hydrogen-bond donors (Lipinski definition) is 1. The van der Waals surface area contributed by atoms with Gasteiger partial charge in [0.15, 0.2) is 0 Å². The van der Waals surface area contributed by atoms with E-state index in [4.69, 9.17) is 21.9 Å². The van der Waals surface area contributed by atoms with Gasteiger partial charge in [-0.15, -0.1) is 0 Å². The molecule has 2 N–H and O–H groups in total. The minimum atomic E-state index is -0.541. The highest BCUT2D eigenvalue weighted by molar-refractivity contribution is 6.33. The zero-order valence-corrected chi connectivity index (χ0v) is 15.3. The number of halogens is 1. The fraction of sp³-hybridized carbons (Fsp3) is 0.263. The molecule has 27 heavy (non-hydrogen) atoms. The maximum atomic E-state index is 11.2. The van der Waals surface area contributed by atoms with Gasteiger partial charge in [0, 0.05) is 30.8 Å². The third-order valence-corrected chi connectivity index (χ3v) is 5.00. The van der Waals surface area contributed by atoms with Crippen LogP contribution in [0, 0.1) is 0 Å². The minimum absolute atomic E-state index is 0.204. The molecule has 8 heteroatoms. The second kappa shape index (κ2) is 7.36. The van der Waals surface area contributed by atoms with Crippen LogP contribution in [-0.2, 0) is 0 Å². The molecule has 3 aromatic rings. The van der Waals surface area contributed by atoms with Gasteiger partial charge in [-0.25, -0.2) is 4.98 Å². The Morgan fingerprint density at radius 2 is 1.96 bits per heavy atom. The maximum absolute atomic E-state index is 11.2. The number of nitrogens with two attached hydrogens (primary N) is 1. The lowest BCUT2D eigenvalue weighted by Crippen LogP contribution is -2.34. The largest absolute Gasteiger partial charge is 0.366 e. The van der Waals surface area contributed by atoms with E-state index in [9.17, 15) is 4.79 Å². The van der Waals surface area contributed by atoms with Crippen LogP contribution in [0.25, 0.3) is 11.4 Å². The lowest BCUT2D eigenvalue weighted by molar-refractivity contribution is 0.1000. The highest BCUT2D eigenvalue weighted by Crippen LogP contribution is 2.32. The molecule has 0 spiro atoms. The van der Waals surface area contributed by atoms with Gasteiger partial charge >= 0.3 is 0 Å². The number of pyridine rings is 1. The highest BCUT2D eigenvalue weighted by Gasteiger charge is 2.27. The molecule has 1 aromatic carbocycles. The van der Waals surface area contributed by atoms with E-state index in [1.807, 2.05) is 30.3 Å². The Hall–Kier alpha value is -2.93.